The number of thiophene rings is 1. The Morgan fingerprint density at radius 3 is 2.50 bits per heavy atom. The minimum Gasteiger partial charge on any atom is -0.496 e. The van der Waals surface area contributed by atoms with Gasteiger partial charge in [0.25, 0.3) is 0 Å². The van der Waals surface area contributed by atoms with Crippen LogP contribution >= 0.6 is 22.9 Å². The number of carboxylic acid groups (broad SMARTS) is 1. The van der Waals surface area contributed by atoms with E-state index in [2.05, 4.69) is 48.8 Å². The van der Waals surface area contributed by atoms with E-state index >= 15 is 0 Å². The number of halogens is 2. The molecule has 0 aliphatic carbocycles. The fourth-order valence-electron chi connectivity index (χ4n) is 8.39. The number of likely N-dealkylation sites (N-methyl/N-ethyl adjacent to an activating group) is 1. The van der Waals surface area contributed by atoms with Gasteiger partial charge in [0.15, 0.2) is 5.82 Å². The van der Waals surface area contributed by atoms with Crippen molar-refractivity contribution in [1.29, 1.82) is 0 Å². The van der Waals surface area contributed by atoms with Crippen LogP contribution in [0.2, 0.25) is 5.02 Å². The topological polar surface area (TPSA) is 126 Å². The second-order valence-corrected chi connectivity index (χ2v) is 17.6. The molecule has 4 aromatic carbocycles. The summed E-state index contributed by atoms with van der Waals surface area (Å²) in [7, 11) is 3.76. The van der Waals surface area contributed by atoms with Gasteiger partial charge in [-0.25, -0.2) is 29.1 Å². The first-order chi connectivity index (χ1) is 31.1. The third-order valence-corrected chi connectivity index (χ3v) is 13.6. The Morgan fingerprint density at radius 1 is 0.906 bits per heavy atom. The SMILES string of the molecule is COc1ccccc1-c1nccc(COc2ccc3cc2C[C@H](C(=O)O)Oc2ncnc4sc(-c5ccc(F)cc5)c(c24)-c2ccc(c(Cl)c2C)CN(CCN2CCN(C)CC2)C3)n1. The van der Waals surface area contributed by atoms with Gasteiger partial charge in [-0.15, -0.1) is 11.3 Å². The normalized spacial score (nSPS) is 16.2. The van der Waals surface area contributed by atoms with Crippen molar-refractivity contribution in [2.75, 3.05) is 53.4 Å². The second kappa shape index (κ2) is 19.0. The van der Waals surface area contributed by atoms with Crippen molar-refractivity contribution in [3.8, 4) is 50.3 Å². The van der Waals surface area contributed by atoms with Crippen molar-refractivity contribution in [2.24, 2.45) is 0 Å². The molecular weight excluding hydrogens is 853 g/mol. The van der Waals surface area contributed by atoms with Crippen molar-refractivity contribution in [1.82, 2.24) is 34.6 Å². The van der Waals surface area contributed by atoms with Crippen molar-refractivity contribution < 1.29 is 28.5 Å². The zero-order chi connectivity index (χ0) is 44.3. The monoisotopic (exact) mass is 899 g/mol. The molecule has 0 spiro atoms. The number of carbonyl (C=O) groups is 1. The lowest BCUT2D eigenvalue weighted by atomic mass is 9.94. The maximum Gasteiger partial charge on any atom is 0.345 e. The van der Waals surface area contributed by atoms with E-state index in [4.69, 9.17) is 30.8 Å². The van der Waals surface area contributed by atoms with Gasteiger partial charge in [-0.05, 0) is 83.8 Å². The Hall–Kier alpha value is -6.03. The zero-order valence-corrected chi connectivity index (χ0v) is 37.3. The molecule has 6 heterocycles. The van der Waals surface area contributed by atoms with Crippen LogP contribution in [-0.4, -0.2) is 105 Å². The predicted molar refractivity (Wildman–Crippen MR) is 247 cm³/mol. The second-order valence-electron chi connectivity index (χ2n) is 16.2. The molecule has 0 amide bonds. The maximum absolute atomic E-state index is 14.3. The number of ether oxygens (including phenoxy) is 3. The third kappa shape index (κ3) is 9.28. The first-order valence-corrected chi connectivity index (χ1v) is 22.4. The first-order valence-electron chi connectivity index (χ1n) is 21.2. The fraction of sp³-hybridized carbons (Fsp3) is 0.286. The molecule has 3 aromatic heterocycles. The summed E-state index contributed by atoms with van der Waals surface area (Å²) in [5, 5.41) is 12.0. The molecule has 12 nitrogen and oxygen atoms in total. The molecule has 64 heavy (non-hydrogen) atoms. The van der Waals surface area contributed by atoms with E-state index in [1.165, 1.54) is 29.8 Å². The zero-order valence-electron chi connectivity index (χ0n) is 35.8. The van der Waals surface area contributed by atoms with Gasteiger partial charge in [-0.1, -0.05) is 60.1 Å². The van der Waals surface area contributed by atoms with Gasteiger partial charge in [0.05, 0.1) is 23.8 Å². The lowest BCUT2D eigenvalue weighted by molar-refractivity contribution is -0.145. The van der Waals surface area contributed by atoms with E-state index in [-0.39, 0.29) is 24.7 Å². The molecule has 328 valence electrons. The molecule has 15 heteroatoms. The number of para-hydroxylation sites is 1. The van der Waals surface area contributed by atoms with Crippen LogP contribution in [0.3, 0.4) is 0 Å². The molecule has 0 saturated carbocycles. The number of aromatic nitrogens is 4. The van der Waals surface area contributed by atoms with Gasteiger partial charge in [-0.2, -0.15) is 0 Å². The third-order valence-electron chi connectivity index (χ3n) is 11.9. The Bertz CT molecular complexity index is 2820. The maximum atomic E-state index is 14.3. The molecule has 1 atom stereocenters. The molecule has 1 saturated heterocycles. The minimum atomic E-state index is -1.37. The molecule has 3 aliphatic rings. The highest BCUT2D eigenvalue weighted by atomic mass is 35.5. The number of benzene rings is 4. The van der Waals surface area contributed by atoms with Crippen molar-refractivity contribution in [2.45, 2.75) is 39.1 Å². The van der Waals surface area contributed by atoms with Crippen LogP contribution in [-0.2, 0) is 30.9 Å². The van der Waals surface area contributed by atoms with E-state index in [0.29, 0.717) is 56.9 Å². The average molecular weight is 900 g/mol. The molecule has 7 aromatic rings. The number of piperazine rings is 1. The largest absolute Gasteiger partial charge is 0.496 e. The molecule has 1 N–H and O–H groups in total. The highest BCUT2D eigenvalue weighted by molar-refractivity contribution is 7.22. The highest BCUT2D eigenvalue weighted by Gasteiger charge is 2.29. The van der Waals surface area contributed by atoms with Crippen molar-refractivity contribution in [3.05, 3.63) is 136 Å². The van der Waals surface area contributed by atoms with Crippen LogP contribution in [0, 0.1) is 12.7 Å². The predicted octanol–water partition coefficient (Wildman–Crippen LogP) is 8.81. The van der Waals surface area contributed by atoms with Gasteiger partial charge in [0, 0.05) is 80.4 Å². The van der Waals surface area contributed by atoms with Gasteiger partial charge < -0.3 is 24.2 Å². The minimum absolute atomic E-state index is 0.0373. The van der Waals surface area contributed by atoms with E-state index in [1.54, 1.807) is 31.5 Å². The number of nitrogens with zero attached hydrogens (tertiary/aromatic N) is 7. The number of hydrogen-bond acceptors (Lipinski definition) is 12. The quantitative estimate of drug-likeness (QED) is 0.141. The molecule has 0 radical (unpaired) electrons. The molecular formula is C49H47ClFN7O5S. The van der Waals surface area contributed by atoms with Crippen LogP contribution in [0.5, 0.6) is 17.4 Å². The fourth-order valence-corrected chi connectivity index (χ4v) is 9.77. The summed E-state index contributed by atoms with van der Waals surface area (Å²) in [5.74, 6) is 0.227. The number of carboxylic acids is 1. The number of fused-ring (bicyclic) bond motifs is 6. The molecule has 1 fully saturated rings. The molecule has 0 unspecified atom stereocenters. The van der Waals surface area contributed by atoms with Crippen molar-refractivity contribution >= 4 is 39.1 Å². The number of aliphatic carboxylic acids is 1. The highest BCUT2D eigenvalue weighted by Crippen LogP contribution is 2.49. The van der Waals surface area contributed by atoms with E-state index < -0.39 is 12.1 Å². The summed E-state index contributed by atoms with van der Waals surface area (Å²) < 4.78 is 32.8. The van der Waals surface area contributed by atoms with Gasteiger partial charge in [0.2, 0.25) is 12.0 Å². The lowest BCUT2D eigenvalue weighted by Gasteiger charge is -2.34. The Balaban J connectivity index is 1.14. The number of methoxy groups -OCH3 is 1. The van der Waals surface area contributed by atoms with E-state index in [9.17, 15) is 14.3 Å². The van der Waals surface area contributed by atoms with Crippen LogP contribution < -0.4 is 14.2 Å². The summed E-state index contributed by atoms with van der Waals surface area (Å²) in [6.45, 7) is 8.92. The first kappa shape index (κ1) is 43.2. The average Bonchev–Trinajstić information content (AvgIpc) is 3.70. The standard InChI is InChI=1S/C49H47ClFN7O5S/c1-30-37-14-11-33(44(30)50)27-58(23-22-57-20-18-56(2)19-21-57)26-31-8-15-39(62-28-36-16-17-52-46(55-36)38-6-4-5-7-40(38)61-3)34(24-31)25-41(49(59)60)63-47-43-42(37)45(64-48(43)54-29-53-47)32-9-12-35(51)13-10-32/h4-17,24,29,41H,18-23,25-28H2,1-3H3,(H,59,60)/t41-/m1/s1. The van der Waals surface area contributed by atoms with Gasteiger partial charge in [0.1, 0.15) is 35.1 Å². The number of hydrogen-bond donors (Lipinski definition) is 1. The van der Waals surface area contributed by atoms with Gasteiger partial charge >= 0.3 is 5.97 Å². The van der Waals surface area contributed by atoms with Crippen molar-refractivity contribution in [3.63, 3.8) is 0 Å². The summed E-state index contributed by atoms with van der Waals surface area (Å²) >= 11 is 8.78. The van der Waals surface area contributed by atoms with Gasteiger partial charge in [-0.3, -0.25) is 9.80 Å². The lowest BCUT2D eigenvalue weighted by Crippen LogP contribution is -2.46. The molecule has 3 aliphatic heterocycles. The van der Waals surface area contributed by atoms with Crippen LogP contribution in [0.15, 0.2) is 97.5 Å². The van der Waals surface area contributed by atoms with Crippen LogP contribution in [0.4, 0.5) is 4.39 Å². The Labute approximate surface area is 379 Å². The Morgan fingerprint density at radius 2 is 1.70 bits per heavy atom. The van der Waals surface area contributed by atoms with Crippen LogP contribution in [0.25, 0.3) is 43.2 Å². The molecule has 10 rings (SSSR count). The summed E-state index contributed by atoms with van der Waals surface area (Å²) in [4.78, 5) is 40.4. The Kier molecular flexibility index (Phi) is 12.8. The number of rotatable bonds is 10. The van der Waals surface area contributed by atoms with Crippen LogP contribution in [0.1, 0.15) is 27.9 Å². The van der Waals surface area contributed by atoms with E-state index in [0.717, 1.165) is 83.1 Å². The van der Waals surface area contributed by atoms with E-state index in [1.807, 2.05) is 49.4 Å². The summed E-state index contributed by atoms with van der Waals surface area (Å²) in [6, 6.07) is 25.7. The molecule has 4 bridgehead atoms. The smallest absolute Gasteiger partial charge is 0.345 e. The summed E-state index contributed by atoms with van der Waals surface area (Å²) in [6.07, 6.45) is 1.65. The summed E-state index contributed by atoms with van der Waals surface area (Å²) in [5.41, 5.74) is 7.16.